The number of anilines is 1. The Balaban J connectivity index is 1.85. The molecular formula is C47H66N2O4. The van der Waals surface area contributed by atoms with E-state index >= 15 is 0 Å². The summed E-state index contributed by atoms with van der Waals surface area (Å²) in [5.41, 5.74) is 7.11. The van der Waals surface area contributed by atoms with Crippen molar-refractivity contribution in [3.8, 4) is 56.6 Å². The number of hydrogen-bond acceptors (Lipinski definition) is 6. The quantitative estimate of drug-likeness (QED) is 0.0602. The Morgan fingerprint density at radius 1 is 0.434 bits per heavy atom. The van der Waals surface area contributed by atoms with Gasteiger partial charge >= 0.3 is 0 Å². The van der Waals surface area contributed by atoms with E-state index in [1.807, 2.05) is 24.3 Å². The fourth-order valence-electron chi connectivity index (χ4n) is 6.07. The second-order valence-electron chi connectivity index (χ2n) is 14.0. The Hall–Kier alpha value is -4.19. The number of rotatable bonds is 26. The number of aromatic nitrogens is 1. The van der Waals surface area contributed by atoms with E-state index < -0.39 is 0 Å². The Kier molecular flexibility index (Phi) is 18.4. The van der Waals surface area contributed by atoms with Gasteiger partial charge in [-0.15, -0.1) is 0 Å². The van der Waals surface area contributed by atoms with E-state index in [2.05, 4.69) is 95.0 Å². The van der Waals surface area contributed by atoms with Gasteiger partial charge in [-0.1, -0.05) is 92.2 Å². The highest BCUT2D eigenvalue weighted by molar-refractivity contribution is 5.81. The zero-order chi connectivity index (χ0) is 37.7. The molecule has 6 nitrogen and oxygen atoms in total. The average molecular weight is 723 g/mol. The minimum absolute atomic E-state index is 0.636. The maximum Gasteiger partial charge on any atom is 0.132 e. The monoisotopic (exact) mass is 723 g/mol. The van der Waals surface area contributed by atoms with Gasteiger partial charge in [-0.05, 0) is 98.2 Å². The van der Waals surface area contributed by atoms with Crippen molar-refractivity contribution in [3.05, 3.63) is 72.8 Å². The van der Waals surface area contributed by atoms with Crippen molar-refractivity contribution >= 4 is 5.69 Å². The Labute approximate surface area is 321 Å². The molecule has 0 fully saturated rings. The first-order valence-electron chi connectivity index (χ1n) is 20.7. The molecule has 1 aromatic heterocycles. The molecule has 0 spiro atoms. The summed E-state index contributed by atoms with van der Waals surface area (Å²) in [6.07, 6.45) is 13.0. The zero-order valence-electron chi connectivity index (χ0n) is 33.7. The topological polar surface area (TPSA) is 53.1 Å². The van der Waals surface area contributed by atoms with Gasteiger partial charge in [-0.2, -0.15) is 0 Å². The molecule has 0 unspecified atom stereocenters. The van der Waals surface area contributed by atoms with Crippen LogP contribution in [0.1, 0.15) is 119 Å². The fourth-order valence-corrected chi connectivity index (χ4v) is 6.07. The molecule has 0 saturated heterocycles. The van der Waals surface area contributed by atoms with Crippen LogP contribution in [-0.2, 0) is 0 Å². The van der Waals surface area contributed by atoms with Crippen LogP contribution in [0.5, 0.6) is 23.0 Å². The van der Waals surface area contributed by atoms with Gasteiger partial charge in [0.25, 0.3) is 0 Å². The van der Waals surface area contributed by atoms with Crippen molar-refractivity contribution in [1.29, 1.82) is 0 Å². The molecule has 288 valence electrons. The van der Waals surface area contributed by atoms with E-state index in [9.17, 15) is 0 Å². The molecule has 0 amide bonds. The lowest BCUT2D eigenvalue weighted by Crippen LogP contribution is -2.25. The molecule has 4 aromatic rings. The van der Waals surface area contributed by atoms with Crippen LogP contribution in [0.2, 0.25) is 0 Å². The first-order valence-corrected chi connectivity index (χ1v) is 20.7. The van der Waals surface area contributed by atoms with E-state index in [0.29, 0.717) is 26.4 Å². The van der Waals surface area contributed by atoms with Gasteiger partial charge in [-0.25, -0.2) is 4.98 Å². The molecule has 0 saturated carbocycles. The minimum Gasteiger partial charge on any atom is -0.493 e. The van der Waals surface area contributed by atoms with Crippen LogP contribution in [0.4, 0.5) is 5.69 Å². The summed E-state index contributed by atoms with van der Waals surface area (Å²) in [4.78, 5) is 7.89. The van der Waals surface area contributed by atoms with Crippen LogP contribution < -0.4 is 23.8 Å². The molecule has 0 aliphatic carbocycles. The van der Waals surface area contributed by atoms with Gasteiger partial charge in [0, 0.05) is 42.0 Å². The standard InChI is InChI=1S/C47H66N2O4/c1-7-13-27-49(28-14-8-2)39-21-19-37(20-22-39)38-33-44(42-25-23-40(50-29-15-9-3)35-46(42)52-31-17-11-5)48-45(34-38)43-26-24-41(51-30-16-10-4)36-47(43)53-32-18-12-6/h19-26,33-36H,7-18,27-32H2,1-6H3. The van der Waals surface area contributed by atoms with Crippen LogP contribution in [-0.4, -0.2) is 44.5 Å². The van der Waals surface area contributed by atoms with Crippen molar-refractivity contribution in [1.82, 2.24) is 4.98 Å². The lowest BCUT2D eigenvalue weighted by atomic mass is 9.98. The molecule has 0 N–H and O–H groups in total. The van der Waals surface area contributed by atoms with Crippen molar-refractivity contribution in [2.45, 2.75) is 119 Å². The summed E-state index contributed by atoms with van der Waals surface area (Å²) >= 11 is 0. The van der Waals surface area contributed by atoms with Crippen LogP contribution in [0.3, 0.4) is 0 Å². The normalized spacial score (nSPS) is 11.1. The molecule has 0 radical (unpaired) electrons. The lowest BCUT2D eigenvalue weighted by molar-refractivity contribution is 0.295. The summed E-state index contributed by atoms with van der Waals surface area (Å²) in [6, 6.07) is 25.8. The van der Waals surface area contributed by atoms with E-state index in [-0.39, 0.29) is 0 Å². The third-order valence-corrected chi connectivity index (χ3v) is 9.46. The summed E-state index contributed by atoms with van der Waals surface area (Å²) in [6.45, 7) is 18.1. The smallest absolute Gasteiger partial charge is 0.132 e. The zero-order valence-corrected chi connectivity index (χ0v) is 33.7. The van der Waals surface area contributed by atoms with Gasteiger partial charge in [0.1, 0.15) is 23.0 Å². The van der Waals surface area contributed by atoms with Crippen LogP contribution >= 0.6 is 0 Å². The van der Waals surface area contributed by atoms with Crippen molar-refractivity contribution in [3.63, 3.8) is 0 Å². The van der Waals surface area contributed by atoms with Crippen LogP contribution in [0.25, 0.3) is 33.6 Å². The molecule has 0 aliphatic heterocycles. The Morgan fingerprint density at radius 2 is 0.849 bits per heavy atom. The molecule has 4 rings (SSSR count). The third kappa shape index (κ3) is 13.0. The van der Waals surface area contributed by atoms with Crippen LogP contribution in [0, 0.1) is 0 Å². The van der Waals surface area contributed by atoms with E-state index in [1.165, 1.54) is 31.4 Å². The molecular weight excluding hydrogens is 657 g/mol. The number of ether oxygens (including phenoxy) is 4. The minimum atomic E-state index is 0.636. The fraction of sp³-hybridized carbons (Fsp3) is 0.511. The largest absolute Gasteiger partial charge is 0.493 e. The van der Waals surface area contributed by atoms with Gasteiger partial charge < -0.3 is 23.8 Å². The van der Waals surface area contributed by atoms with Gasteiger partial charge in [0.15, 0.2) is 0 Å². The second kappa shape index (κ2) is 23.5. The summed E-state index contributed by atoms with van der Waals surface area (Å²) in [5.74, 6) is 3.23. The first kappa shape index (κ1) is 41.6. The highest BCUT2D eigenvalue weighted by Crippen LogP contribution is 2.40. The first-order chi connectivity index (χ1) is 26.0. The third-order valence-electron chi connectivity index (χ3n) is 9.46. The van der Waals surface area contributed by atoms with Crippen molar-refractivity contribution in [2.75, 3.05) is 44.4 Å². The number of benzene rings is 3. The second-order valence-corrected chi connectivity index (χ2v) is 14.0. The predicted molar refractivity (Wildman–Crippen MR) is 224 cm³/mol. The highest BCUT2D eigenvalue weighted by Gasteiger charge is 2.18. The average Bonchev–Trinajstić information content (AvgIpc) is 3.18. The van der Waals surface area contributed by atoms with E-state index in [0.717, 1.165) is 121 Å². The number of nitrogens with zero attached hydrogens (tertiary/aromatic N) is 2. The maximum atomic E-state index is 6.46. The number of hydrogen-bond donors (Lipinski definition) is 0. The summed E-state index contributed by atoms with van der Waals surface area (Å²) < 4.78 is 25.2. The lowest BCUT2D eigenvalue weighted by Gasteiger charge is -2.25. The number of pyridine rings is 1. The maximum absolute atomic E-state index is 6.46. The van der Waals surface area contributed by atoms with Crippen molar-refractivity contribution in [2.24, 2.45) is 0 Å². The summed E-state index contributed by atoms with van der Waals surface area (Å²) in [7, 11) is 0. The van der Waals surface area contributed by atoms with Gasteiger partial charge in [0.2, 0.25) is 0 Å². The van der Waals surface area contributed by atoms with Gasteiger partial charge in [0.05, 0.1) is 37.8 Å². The summed E-state index contributed by atoms with van der Waals surface area (Å²) in [5, 5.41) is 0. The highest BCUT2D eigenvalue weighted by atomic mass is 16.5. The molecule has 1 heterocycles. The Morgan fingerprint density at radius 3 is 1.26 bits per heavy atom. The molecule has 53 heavy (non-hydrogen) atoms. The van der Waals surface area contributed by atoms with E-state index in [1.54, 1.807) is 0 Å². The predicted octanol–water partition coefficient (Wildman–Crippen LogP) is 13.2. The van der Waals surface area contributed by atoms with Crippen molar-refractivity contribution < 1.29 is 18.9 Å². The van der Waals surface area contributed by atoms with E-state index in [4.69, 9.17) is 23.9 Å². The van der Waals surface area contributed by atoms with Crippen LogP contribution in [0.15, 0.2) is 72.8 Å². The SMILES string of the molecule is CCCCOc1ccc(-c2cc(-c3ccc(N(CCCC)CCCC)cc3)cc(-c3ccc(OCCCC)cc3OCCCC)n2)c(OCCCC)c1. The molecule has 6 heteroatoms. The van der Waals surface area contributed by atoms with Gasteiger partial charge in [-0.3, -0.25) is 0 Å². The molecule has 3 aromatic carbocycles. The number of unbranched alkanes of at least 4 members (excludes halogenated alkanes) is 6. The molecule has 0 aliphatic rings. The Bertz CT molecular complexity index is 1530. The molecule has 0 bridgehead atoms. The molecule has 0 atom stereocenters.